The Kier molecular flexibility index (Phi) is 2.73. The minimum absolute atomic E-state index is 0.0545. The lowest BCUT2D eigenvalue weighted by Crippen LogP contribution is -2.24. The molecule has 1 aliphatic rings. The van der Waals surface area contributed by atoms with Crippen LogP contribution in [0.4, 0.5) is 14.5 Å². The predicted octanol–water partition coefficient (Wildman–Crippen LogP) is 2.50. The normalized spacial score (nSPS) is 20.2. The Morgan fingerprint density at radius 3 is 2.44 bits per heavy atom. The SMILES string of the molecule is C=CC1CC(=O)N(c2cc(F)cc(F)c2)C1. The fourth-order valence-electron chi connectivity index (χ4n) is 1.84. The molecule has 1 aromatic carbocycles. The highest BCUT2D eigenvalue weighted by Gasteiger charge is 2.29. The van der Waals surface area contributed by atoms with E-state index in [2.05, 4.69) is 6.58 Å². The molecule has 1 amide bonds. The number of halogens is 2. The molecule has 1 unspecified atom stereocenters. The van der Waals surface area contributed by atoms with Crippen LogP contribution >= 0.6 is 0 Å². The Morgan fingerprint density at radius 1 is 1.31 bits per heavy atom. The van der Waals surface area contributed by atoms with Crippen molar-refractivity contribution in [3.05, 3.63) is 42.5 Å². The molecule has 0 aliphatic carbocycles. The van der Waals surface area contributed by atoms with Crippen LogP contribution in [0, 0.1) is 17.6 Å². The van der Waals surface area contributed by atoms with Gasteiger partial charge in [0.05, 0.1) is 0 Å². The number of hydrogen-bond acceptors (Lipinski definition) is 1. The molecule has 1 atom stereocenters. The van der Waals surface area contributed by atoms with Crippen LogP contribution in [0.3, 0.4) is 0 Å². The van der Waals surface area contributed by atoms with Gasteiger partial charge in [-0.3, -0.25) is 4.79 Å². The Morgan fingerprint density at radius 2 is 1.94 bits per heavy atom. The molecule has 0 saturated carbocycles. The molecule has 0 spiro atoms. The fourth-order valence-corrected chi connectivity index (χ4v) is 1.84. The molecule has 1 aromatic rings. The first-order chi connectivity index (χ1) is 7.60. The highest BCUT2D eigenvalue weighted by atomic mass is 19.1. The summed E-state index contributed by atoms with van der Waals surface area (Å²) in [5.74, 6) is -1.43. The maximum absolute atomic E-state index is 13.0. The van der Waals surface area contributed by atoms with E-state index in [1.54, 1.807) is 6.08 Å². The van der Waals surface area contributed by atoms with Crippen molar-refractivity contribution in [2.24, 2.45) is 5.92 Å². The fraction of sp³-hybridized carbons (Fsp3) is 0.250. The van der Waals surface area contributed by atoms with Crippen LogP contribution in [0.25, 0.3) is 0 Å². The van der Waals surface area contributed by atoms with E-state index >= 15 is 0 Å². The van der Waals surface area contributed by atoms with Gasteiger partial charge in [-0.25, -0.2) is 8.78 Å². The first-order valence-electron chi connectivity index (χ1n) is 4.99. The van der Waals surface area contributed by atoms with Gasteiger partial charge in [0.15, 0.2) is 0 Å². The smallest absolute Gasteiger partial charge is 0.227 e. The molecule has 4 heteroatoms. The lowest BCUT2D eigenvalue weighted by atomic mass is 10.1. The van der Waals surface area contributed by atoms with Gasteiger partial charge in [0, 0.05) is 30.6 Å². The van der Waals surface area contributed by atoms with E-state index in [0.29, 0.717) is 13.0 Å². The van der Waals surface area contributed by atoms with Gasteiger partial charge in [-0.15, -0.1) is 6.58 Å². The van der Waals surface area contributed by atoms with Gasteiger partial charge in [-0.1, -0.05) is 6.08 Å². The molecule has 0 aromatic heterocycles. The van der Waals surface area contributed by atoms with Crippen molar-refractivity contribution in [3.8, 4) is 0 Å². The Hall–Kier alpha value is -1.71. The molecule has 2 nitrogen and oxygen atoms in total. The summed E-state index contributed by atoms with van der Waals surface area (Å²) in [4.78, 5) is 13.0. The predicted molar refractivity (Wildman–Crippen MR) is 57.0 cm³/mol. The van der Waals surface area contributed by atoms with E-state index in [1.807, 2.05) is 0 Å². The molecule has 0 N–H and O–H groups in total. The third kappa shape index (κ3) is 1.96. The van der Waals surface area contributed by atoms with Crippen LogP contribution in [-0.4, -0.2) is 12.5 Å². The van der Waals surface area contributed by atoms with Crippen molar-refractivity contribution >= 4 is 11.6 Å². The minimum Gasteiger partial charge on any atom is -0.312 e. The monoisotopic (exact) mass is 223 g/mol. The van der Waals surface area contributed by atoms with E-state index in [1.165, 1.54) is 4.90 Å². The van der Waals surface area contributed by atoms with Gasteiger partial charge < -0.3 is 4.90 Å². The summed E-state index contributed by atoms with van der Waals surface area (Å²) in [5.41, 5.74) is 0.270. The van der Waals surface area contributed by atoms with Crippen LogP contribution in [0.15, 0.2) is 30.9 Å². The topological polar surface area (TPSA) is 20.3 Å². The number of rotatable bonds is 2. The van der Waals surface area contributed by atoms with Gasteiger partial charge in [-0.05, 0) is 12.1 Å². The van der Waals surface area contributed by atoms with Crippen LogP contribution in [0.5, 0.6) is 0 Å². The third-order valence-corrected chi connectivity index (χ3v) is 2.65. The van der Waals surface area contributed by atoms with Gasteiger partial charge in [0.2, 0.25) is 5.91 Å². The van der Waals surface area contributed by atoms with Crippen LogP contribution in [0.1, 0.15) is 6.42 Å². The molecule has 2 rings (SSSR count). The zero-order valence-corrected chi connectivity index (χ0v) is 8.62. The van der Waals surface area contributed by atoms with Gasteiger partial charge in [0.1, 0.15) is 11.6 Å². The lowest BCUT2D eigenvalue weighted by Gasteiger charge is -2.16. The van der Waals surface area contributed by atoms with Gasteiger partial charge in [-0.2, -0.15) is 0 Å². The van der Waals surface area contributed by atoms with Gasteiger partial charge >= 0.3 is 0 Å². The first-order valence-corrected chi connectivity index (χ1v) is 4.99. The highest BCUT2D eigenvalue weighted by Crippen LogP contribution is 2.26. The molecule has 1 heterocycles. The van der Waals surface area contributed by atoms with E-state index < -0.39 is 11.6 Å². The number of benzene rings is 1. The quantitative estimate of drug-likeness (QED) is 0.705. The van der Waals surface area contributed by atoms with E-state index in [9.17, 15) is 13.6 Å². The molecule has 1 aliphatic heterocycles. The zero-order chi connectivity index (χ0) is 11.7. The number of nitrogens with zero attached hydrogens (tertiary/aromatic N) is 1. The largest absolute Gasteiger partial charge is 0.312 e. The van der Waals surface area contributed by atoms with Crippen LogP contribution in [0.2, 0.25) is 0 Å². The zero-order valence-electron chi connectivity index (χ0n) is 8.62. The van der Waals surface area contributed by atoms with Crippen molar-refractivity contribution in [1.82, 2.24) is 0 Å². The molecule has 1 saturated heterocycles. The molecule has 1 fully saturated rings. The minimum atomic E-state index is -0.676. The van der Waals surface area contributed by atoms with Crippen molar-refractivity contribution in [1.29, 1.82) is 0 Å². The third-order valence-electron chi connectivity index (χ3n) is 2.65. The number of carbonyl (C=O) groups is 1. The summed E-state index contributed by atoms with van der Waals surface area (Å²) in [6.07, 6.45) is 2.04. The maximum Gasteiger partial charge on any atom is 0.227 e. The summed E-state index contributed by atoms with van der Waals surface area (Å²) in [7, 11) is 0. The first kappa shape index (κ1) is 10.8. The average molecular weight is 223 g/mol. The van der Waals surface area contributed by atoms with Crippen molar-refractivity contribution in [2.45, 2.75) is 6.42 Å². The Labute approximate surface area is 92.2 Å². The number of hydrogen-bond donors (Lipinski definition) is 0. The number of anilines is 1. The number of amides is 1. The second-order valence-electron chi connectivity index (χ2n) is 3.83. The van der Waals surface area contributed by atoms with E-state index in [0.717, 1.165) is 18.2 Å². The van der Waals surface area contributed by atoms with E-state index in [-0.39, 0.29) is 17.5 Å². The summed E-state index contributed by atoms with van der Waals surface area (Å²) < 4.78 is 26.0. The van der Waals surface area contributed by atoms with E-state index in [4.69, 9.17) is 0 Å². The number of carbonyl (C=O) groups excluding carboxylic acids is 1. The lowest BCUT2D eigenvalue weighted by molar-refractivity contribution is -0.117. The Bertz CT molecular complexity index is 424. The summed E-state index contributed by atoms with van der Waals surface area (Å²) in [6.45, 7) is 4.05. The van der Waals surface area contributed by atoms with Crippen molar-refractivity contribution in [3.63, 3.8) is 0 Å². The maximum atomic E-state index is 13.0. The van der Waals surface area contributed by atoms with Crippen molar-refractivity contribution < 1.29 is 13.6 Å². The highest BCUT2D eigenvalue weighted by molar-refractivity contribution is 5.95. The standard InChI is InChI=1S/C12H11F2NO/c1-2-8-3-12(16)15(7-8)11-5-9(13)4-10(14)6-11/h2,4-6,8H,1,3,7H2. The summed E-state index contributed by atoms with van der Waals surface area (Å²) >= 11 is 0. The summed E-state index contributed by atoms with van der Waals surface area (Å²) in [6, 6.07) is 3.11. The van der Waals surface area contributed by atoms with Crippen LogP contribution < -0.4 is 4.90 Å². The average Bonchev–Trinajstić information content (AvgIpc) is 2.58. The molecule has 0 radical (unpaired) electrons. The molecule has 84 valence electrons. The Balaban J connectivity index is 2.30. The summed E-state index contributed by atoms with van der Waals surface area (Å²) in [5, 5.41) is 0. The second-order valence-corrected chi connectivity index (χ2v) is 3.83. The second kappa shape index (κ2) is 4.04. The molecule has 0 bridgehead atoms. The molecular formula is C12H11F2NO. The molecule has 16 heavy (non-hydrogen) atoms. The van der Waals surface area contributed by atoms with Crippen LogP contribution in [-0.2, 0) is 4.79 Å². The molecular weight excluding hydrogens is 212 g/mol. The van der Waals surface area contributed by atoms with Crippen molar-refractivity contribution in [2.75, 3.05) is 11.4 Å². The van der Waals surface area contributed by atoms with Gasteiger partial charge in [0.25, 0.3) is 0 Å².